The van der Waals surface area contributed by atoms with Crippen LogP contribution < -0.4 is 5.32 Å². The van der Waals surface area contributed by atoms with Crippen LogP contribution in [0.3, 0.4) is 0 Å². The van der Waals surface area contributed by atoms with Gasteiger partial charge in [-0.2, -0.15) is 0 Å². The summed E-state index contributed by atoms with van der Waals surface area (Å²) in [5.74, 6) is 0. The fraction of sp³-hybridized carbons (Fsp3) is 0.600. The van der Waals surface area contributed by atoms with E-state index >= 15 is 0 Å². The molecule has 0 aliphatic carbocycles. The van der Waals surface area contributed by atoms with Crippen LogP contribution in [0.5, 0.6) is 0 Å². The van der Waals surface area contributed by atoms with E-state index < -0.39 is 0 Å². The number of ether oxygens (including phenoxy) is 1. The summed E-state index contributed by atoms with van der Waals surface area (Å²) in [6.45, 7) is 12.5. The summed E-state index contributed by atoms with van der Waals surface area (Å²) >= 11 is 0. The first-order valence-electron chi connectivity index (χ1n) is 6.78. The van der Waals surface area contributed by atoms with E-state index in [4.69, 9.17) is 4.74 Å². The van der Waals surface area contributed by atoms with Crippen LogP contribution in [-0.2, 0) is 4.74 Å². The summed E-state index contributed by atoms with van der Waals surface area (Å²) in [4.78, 5) is 2.45. The molecule has 1 fully saturated rings. The molecule has 0 spiro atoms. The Morgan fingerprint density at radius 3 is 2.44 bits per heavy atom. The molecule has 1 aromatic rings. The highest BCUT2D eigenvalue weighted by Gasteiger charge is 2.09. The van der Waals surface area contributed by atoms with Crippen LogP contribution in [0.15, 0.2) is 12.1 Å². The van der Waals surface area contributed by atoms with Crippen LogP contribution in [-0.4, -0.2) is 44.3 Å². The van der Waals surface area contributed by atoms with E-state index in [1.165, 1.54) is 22.4 Å². The minimum Gasteiger partial charge on any atom is -0.384 e. The maximum Gasteiger partial charge on any atom is 0.0594 e. The smallest absolute Gasteiger partial charge is 0.0594 e. The Balaban J connectivity index is 1.84. The molecule has 1 saturated heterocycles. The number of nitrogens with one attached hydrogen (secondary N) is 1. The van der Waals surface area contributed by atoms with Crippen LogP contribution in [0, 0.1) is 20.8 Å². The van der Waals surface area contributed by atoms with Crippen molar-refractivity contribution in [1.29, 1.82) is 0 Å². The van der Waals surface area contributed by atoms with Crippen molar-refractivity contribution in [3.05, 3.63) is 28.8 Å². The maximum absolute atomic E-state index is 5.35. The van der Waals surface area contributed by atoms with Crippen molar-refractivity contribution < 1.29 is 4.74 Å². The Kier molecular flexibility index (Phi) is 4.61. The lowest BCUT2D eigenvalue weighted by Gasteiger charge is -2.26. The van der Waals surface area contributed by atoms with Crippen LogP contribution in [0.1, 0.15) is 16.7 Å². The normalized spacial score (nSPS) is 16.8. The van der Waals surface area contributed by atoms with Gasteiger partial charge in [0.25, 0.3) is 0 Å². The van der Waals surface area contributed by atoms with Crippen molar-refractivity contribution in [3.8, 4) is 0 Å². The lowest BCUT2D eigenvalue weighted by Crippen LogP contribution is -2.39. The van der Waals surface area contributed by atoms with E-state index in [1.807, 2.05) is 0 Å². The lowest BCUT2D eigenvalue weighted by molar-refractivity contribution is 0.0398. The highest BCUT2D eigenvalue weighted by molar-refractivity contribution is 5.54. The van der Waals surface area contributed by atoms with Gasteiger partial charge in [-0.1, -0.05) is 6.07 Å². The number of rotatable bonds is 4. The van der Waals surface area contributed by atoms with Gasteiger partial charge in [0.15, 0.2) is 0 Å². The van der Waals surface area contributed by atoms with Crippen molar-refractivity contribution >= 4 is 5.69 Å². The molecule has 1 heterocycles. The van der Waals surface area contributed by atoms with E-state index in [2.05, 4.69) is 43.1 Å². The third-order valence-electron chi connectivity index (χ3n) is 3.69. The zero-order valence-electron chi connectivity index (χ0n) is 11.8. The molecule has 3 heteroatoms. The molecule has 0 atom stereocenters. The molecule has 2 rings (SSSR count). The first kappa shape index (κ1) is 13.4. The van der Waals surface area contributed by atoms with Gasteiger partial charge < -0.3 is 10.1 Å². The predicted molar refractivity (Wildman–Crippen MR) is 76.4 cm³/mol. The molecule has 0 saturated carbocycles. The van der Waals surface area contributed by atoms with Crippen molar-refractivity contribution in [2.24, 2.45) is 0 Å². The van der Waals surface area contributed by atoms with Gasteiger partial charge in [-0.15, -0.1) is 0 Å². The number of hydrogen-bond acceptors (Lipinski definition) is 3. The van der Waals surface area contributed by atoms with Crippen LogP contribution >= 0.6 is 0 Å². The summed E-state index contributed by atoms with van der Waals surface area (Å²) < 4.78 is 5.35. The molecule has 0 radical (unpaired) electrons. The molecular weight excluding hydrogens is 224 g/mol. The number of aryl methyl sites for hydroxylation is 3. The minimum atomic E-state index is 0.878. The van der Waals surface area contributed by atoms with E-state index in [0.717, 1.165) is 39.4 Å². The second kappa shape index (κ2) is 6.21. The molecule has 3 nitrogen and oxygen atoms in total. The van der Waals surface area contributed by atoms with Gasteiger partial charge in [-0.3, -0.25) is 4.90 Å². The number of hydrogen-bond donors (Lipinski definition) is 1. The molecule has 18 heavy (non-hydrogen) atoms. The highest BCUT2D eigenvalue weighted by atomic mass is 16.5. The fourth-order valence-electron chi connectivity index (χ4n) is 2.32. The van der Waals surface area contributed by atoms with Crippen molar-refractivity contribution in [2.45, 2.75) is 20.8 Å². The average Bonchev–Trinajstić information content (AvgIpc) is 2.37. The van der Waals surface area contributed by atoms with Crippen molar-refractivity contribution in [2.75, 3.05) is 44.7 Å². The van der Waals surface area contributed by atoms with Crippen molar-refractivity contribution in [3.63, 3.8) is 0 Å². The molecule has 1 aliphatic heterocycles. The van der Waals surface area contributed by atoms with E-state index in [1.54, 1.807) is 0 Å². The zero-order chi connectivity index (χ0) is 13.0. The van der Waals surface area contributed by atoms with Crippen LogP contribution in [0.4, 0.5) is 5.69 Å². The molecule has 1 aliphatic rings. The number of morpholine rings is 1. The minimum absolute atomic E-state index is 0.878. The number of nitrogens with zero attached hydrogens (tertiary/aromatic N) is 1. The standard InChI is InChI=1S/C15H24N2O/c1-12-10-14(3)15(11-13(12)2)16-4-5-17-6-8-18-9-7-17/h10-11,16H,4-9H2,1-3H3. The fourth-order valence-corrected chi connectivity index (χ4v) is 2.32. The second-order valence-electron chi connectivity index (χ2n) is 5.13. The van der Waals surface area contributed by atoms with E-state index in [0.29, 0.717) is 0 Å². The molecule has 0 bridgehead atoms. The summed E-state index contributed by atoms with van der Waals surface area (Å²) in [5.41, 5.74) is 5.33. The zero-order valence-corrected chi connectivity index (χ0v) is 11.8. The Morgan fingerprint density at radius 2 is 1.72 bits per heavy atom. The van der Waals surface area contributed by atoms with E-state index in [9.17, 15) is 0 Å². The van der Waals surface area contributed by atoms with Gasteiger partial charge in [0.1, 0.15) is 0 Å². The summed E-state index contributed by atoms with van der Waals surface area (Å²) in [5, 5.41) is 3.55. The van der Waals surface area contributed by atoms with Gasteiger partial charge in [-0.25, -0.2) is 0 Å². The number of benzene rings is 1. The number of anilines is 1. The summed E-state index contributed by atoms with van der Waals surface area (Å²) in [7, 11) is 0. The van der Waals surface area contributed by atoms with Gasteiger partial charge >= 0.3 is 0 Å². The Labute approximate surface area is 110 Å². The van der Waals surface area contributed by atoms with Gasteiger partial charge in [0.05, 0.1) is 13.2 Å². The molecule has 1 N–H and O–H groups in total. The van der Waals surface area contributed by atoms with Gasteiger partial charge in [-0.05, 0) is 43.5 Å². The molecule has 1 aromatic carbocycles. The predicted octanol–water partition coefficient (Wildman–Crippen LogP) is 2.36. The topological polar surface area (TPSA) is 24.5 Å². The van der Waals surface area contributed by atoms with Gasteiger partial charge in [0.2, 0.25) is 0 Å². The third kappa shape index (κ3) is 3.47. The Bertz CT molecular complexity index is 398. The quantitative estimate of drug-likeness (QED) is 0.885. The SMILES string of the molecule is Cc1cc(C)c(NCCN2CCOCC2)cc1C. The van der Waals surface area contributed by atoms with Crippen LogP contribution in [0.2, 0.25) is 0 Å². The largest absolute Gasteiger partial charge is 0.384 e. The maximum atomic E-state index is 5.35. The third-order valence-corrected chi connectivity index (χ3v) is 3.69. The molecular formula is C15H24N2O. The Morgan fingerprint density at radius 1 is 1.06 bits per heavy atom. The lowest BCUT2D eigenvalue weighted by atomic mass is 10.1. The summed E-state index contributed by atoms with van der Waals surface area (Å²) in [6, 6.07) is 4.51. The second-order valence-corrected chi connectivity index (χ2v) is 5.13. The first-order valence-corrected chi connectivity index (χ1v) is 6.78. The molecule has 0 aromatic heterocycles. The first-order chi connectivity index (χ1) is 8.66. The molecule has 100 valence electrons. The monoisotopic (exact) mass is 248 g/mol. The average molecular weight is 248 g/mol. The van der Waals surface area contributed by atoms with E-state index in [-0.39, 0.29) is 0 Å². The Hall–Kier alpha value is -1.06. The summed E-state index contributed by atoms with van der Waals surface area (Å²) in [6.07, 6.45) is 0. The van der Waals surface area contributed by atoms with Gasteiger partial charge in [0, 0.05) is 31.9 Å². The highest BCUT2D eigenvalue weighted by Crippen LogP contribution is 2.19. The molecule has 0 unspecified atom stereocenters. The molecule has 0 amide bonds. The van der Waals surface area contributed by atoms with Crippen molar-refractivity contribution in [1.82, 2.24) is 4.90 Å². The van der Waals surface area contributed by atoms with Crippen LogP contribution in [0.25, 0.3) is 0 Å².